The molecule has 0 N–H and O–H groups in total. The smallest absolute Gasteiger partial charge is 0.125 e. The first-order valence-corrected chi connectivity index (χ1v) is 7.26. The van der Waals surface area contributed by atoms with Crippen LogP contribution >= 0.6 is 15.9 Å². The maximum atomic E-state index is 5.79. The van der Waals surface area contributed by atoms with Gasteiger partial charge < -0.3 is 9.47 Å². The molecule has 0 spiro atoms. The van der Waals surface area contributed by atoms with E-state index in [9.17, 15) is 0 Å². The molecule has 0 saturated carbocycles. The van der Waals surface area contributed by atoms with Gasteiger partial charge in [-0.1, -0.05) is 39.7 Å². The molecule has 0 amide bonds. The van der Waals surface area contributed by atoms with Crippen molar-refractivity contribution < 1.29 is 9.47 Å². The second-order valence-electron chi connectivity index (χ2n) is 4.38. The first-order chi connectivity index (χ1) is 9.22. The number of alkyl halides is 1. The van der Waals surface area contributed by atoms with Crippen molar-refractivity contribution in [2.24, 2.45) is 0 Å². The topological polar surface area (TPSA) is 18.5 Å². The standard InChI is InChI=1S/C16H17BrO2/c1-12-3-8-16(18-2)14(9-12)11-19-15-6-4-13(10-17)5-7-15/h3-9H,10-11H2,1-2H3. The van der Waals surface area contributed by atoms with Crippen LogP contribution in [0.4, 0.5) is 0 Å². The Morgan fingerprint density at radius 3 is 2.42 bits per heavy atom. The molecule has 2 nitrogen and oxygen atoms in total. The summed E-state index contributed by atoms with van der Waals surface area (Å²) in [5.74, 6) is 1.73. The minimum Gasteiger partial charge on any atom is -0.496 e. The van der Waals surface area contributed by atoms with Crippen LogP contribution in [0, 0.1) is 6.92 Å². The SMILES string of the molecule is COc1ccc(C)cc1COc1ccc(CBr)cc1. The van der Waals surface area contributed by atoms with E-state index < -0.39 is 0 Å². The molecule has 0 radical (unpaired) electrons. The number of benzene rings is 2. The van der Waals surface area contributed by atoms with Crippen LogP contribution in [0.15, 0.2) is 42.5 Å². The maximum absolute atomic E-state index is 5.79. The average molecular weight is 321 g/mol. The van der Waals surface area contributed by atoms with Crippen molar-refractivity contribution >= 4 is 15.9 Å². The molecular formula is C16H17BrO2. The molecule has 0 fully saturated rings. The Balaban J connectivity index is 2.07. The molecule has 19 heavy (non-hydrogen) atoms. The molecule has 0 unspecified atom stereocenters. The van der Waals surface area contributed by atoms with Gasteiger partial charge in [0, 0.05) is 10.9 Å². The third-order valence-electron chi connectivity index (χ3n) is 2.91. The number of hydrogen-bond acceptors (Lipinski definition) is 2. The second-order valence-corrected chi connectivity index (χ2v) is 4.94. The zero-order valence-electron chi connectivity index (χ0n) is 11.2. The summed E-state index contributed by atoms with van der Waals surface area (Å²) in [6.07, 6.45) is 0. The summed E-state index contributed by atoms with van der Waals surface area (Å²) in [5.41, 5.74) is 3.50. The lowest BCUT2D eigenvalue weighted by Gasteiger charge is -2.11. The van der Waals surface area contributed by atoms with Crippen LogP contribution in [-0.2, 0) is 11.9 Å². The normalized spacial score (nSPS) is 10.3. The monoisotopic (exact) mass is 320 g/mol. The number of rotatable bonds is 5. The minimum absolute atomic E-state index is 0.512. The zero-order valence-corrected chi connectivity index (χ0v) is 12.7. The molecule has 0 heterocycles. The summed E-state index contributed by atoms with van der Waals surface area (Å²) in [6.45, 7) is 2.58. The van der Waals surface area contributed by atoms with Crippen LogP contribution in [0.2, 0.25) is 0 Å². The van der Waals surface area contributed by atoms with E-state index in [1.54, 1.807) is 7.11 Å². The van der Waals surface area contributed by atoms with Crippen molar-refractivity contribution in [2.75, 3.05) is 7.11 Å². The molecule has 2 aromatic carbocycles. The molecule has 0 bridgehead atoms. The quantitative estimate of drug-likeness (QED) is 0.756. The van der Waals surface area contributed by atoms with Gasteiger partial charge in [0.25, 0.3) is 0 Å². The van der Waals surface area contributed by atoms with Gasteiger partial charge in [0.05, 0.1) is 7.11 Å². The molecule has 2 rings (SSSR count). The molecule has 100 valence electrons. The fraction of sp³-hybridized carbons (Fsp3) is 0.250. The molecule has 0 aliphatic carbocycles. The molecule has 0 aliphatic heterocycles. The van der Waals surface area contributed by atoms with Crippen molar-refractivity contribution in [3.05, 3.63) is 59.2 Å². The van der Waals surface area contributed by atoms with E-state index in [0.29, 0.717) is 6.61 Å². The molecule has 0 aromatic heterocycles. The van der Waals surface area contributed by atoms with Crippen LogP contribution in [0.25, 0.3) is 0 Å². The van der Waals surface area contributed by atoms with Crippen LogP contribution in [0.5, 0.6) is 11.5 Å². The first kappa shape index (κ1) is 13.9. The predicted octanol–water partition coefficient (Wildman–Crippen LogP) is 4.48. The van der Waals surface area contributed by atoms with Crippen LogP contribution in [0.3, 0.4) is 0 Å². The Labute approximate surface area is 122 Å². The van der Waals surface area contributed by atoms with E-state index in [-0.39, 0.29) is 0 Å². The van der Waals surface area contributed by atoms with Crippen LogP contribution in [0.1, 0.15) is 16.7 Å². The Bertz CT molecular complexity index is 535. The fourth-order valence-electron chi connectivity index (χ4n) is 1.86. The third kappa shape index (κ3) is 3.74. The van der Waals surface area contributed by atoms with Gasteiger partial charge in [-0.2, -0.15) is 0 Å². The summed E-state index contributed by atoms with van der Waals surface area (Å²) < 4.78 is 11.1. The lowest BCUT2D eigenvalue weighted by atomic mass is 10.1. The highest BCUT2D eigenvalue weighted by atomic mass is 79.9. The van der Waals surface area contributed by atoms with Crippen molar-refractivity contribution in [1.29, 1.82) is 0 Å². The summed E-state index contributed by atoms with van der Waals surface area (Å²) >= 11 is 3.43. The highest BCUT2D eigenvalue weighted by molar-refractivity contribution is 9.08. The predicted molar refractivity (Wildman–Crippen MR) is 81.1 cm³/mol. The fourth-order valence-corrected chi connectivity index (χ4v) is 2.23. The van der Waals surface area contributed by atoms with Gasteiger partial charge in [0.1, 0.15) is 18.1 Å². The molecule has 0 saturated heterocycles. The largest absolute Gasteiger partial charge is 0.496 e. The van der Waals surface area contributed by atoms with E-state index in [1.165, 1.54) is 11.1 Å². The lowest BCUT2D eigenvalue weighted by Crippen LogP contribution is -1.99. The average Bonchev–Trinajstić information content (AvgIpc) is 2.46. The number of methoxy groups -OCH3 is 1. The molecular weight excluding hydrogens is 304 g/mol. The number of hydrogen-bond donors (Lipinski definition) is 0. The van der Waals surface area contributed by atoms with Gasteiger partial charge in [-0.05, 0) is 36.8 Å². The second kappa shape index (κ2) is 6.62. The summed E-state index contributed by atoms with van der Waals surface area (Å²) in [4.78, 5) is 0. The van der Waals surface area contributed by atoms with Crippen LogP contribution < -0.4 is 9.47 Å². The van der Waals surface area contributed by atoms with Crippen molar-refractivity contribution in [3.8, 4) is 11.5 Å². The summed E-state index contributed by atoms with van der Waals surface area (Å²) in [6, 6.07) is 14.2. The Hall–Kier alpha value is -1.48. The molecule has 3 heteroatoms. The Morgan fingerprint density at radius 2 is 1.79 bits per heavy atom. The van der Waals surface area contributed by atoms with E-state index in [1.807, 2.05) is 24.3 Å². The first-order valence-electron chi connectivity index (χ1n) is 6.14. The van der Waals surface area contributed by atoms with Crippen LogP contribution in [-0.4, -0.2) is 7.11 Å². The van der Waals surface area contributed by atoms with Crippen molar-refractivity contribution in [3.63, 3.8) is 0 Å². The maximum Gasteiger partial charge on any atom is 0.125 e. The van der Waals surface area contributed by atoms with E-state index in [4.69, 9.17) is 9.47 Å². The van der Waals surface area contributed by atoms with E-state index >= 15 is 0 Å². The van der Waals surface area contributed by atoms with Gasteiger partial charge in [-0.25, -0.2) is 0 Å². The van der Waals surface area contributed by atoms with Gasteiger partial charge in [0.2, 0.25) is 0 Å². The Kier molecular flexibility index (Phi) is 4.86. The minimum atomic E-state index is 0.512. The van der Waals surface area contributed by atoms with Gasteiger partial charge >= 0.3 is 0 Å². The van der Waals surface area contributed by atoms with Crippen molar-refractivity contribution in [2.45, 2.75) is 18.9 Å². The highest BCUT2D eigenvalue weighted by Crippen LogP contribution is 2.22. The summed E-state index contributed by atoms with van der Waals surface area (Å²) in [5, 5.41) is 0.860. The zero-order chi connectivity index (χ0) is 13.7. The number of aryl methyl sites for hydroxylation is 1. The number of ether oxygens (including phenoxy) is 2. The van der Waals surface area contributed by atoms with Crippen molar-refractivity contribution in [1.82, 2.24) is 0 Å². The third-order valence-corrected chi connectivity index (χ3v) is 3.56. The molecule has 0 aliphatic rings. The highest BCUT2D eigenvalue weighted by Gasteiger charge is 2.04. The summed E-state index contributed by atoms with van der Waals surface area (Å²) in [7, 11) is 1.68. The molecule has 2 aromatic rings. The van der Waals surface area contributed by atoms with E-state index in [2.05, 4.69) is 41.1 Å². The van der Waals surface area contributed by atoms with Gasteiger partial charge in [0.15, 0.2) is 0 Å². The van der Waals surface area contributed by atoms with E-state index in [0.717, 1.165) is 22.4 Å². The number of halogens is 1. The molecule has 0 atom stereocenters. The van der Waals surface area contributed by atoms with Gasteiger partial charge in [-0.3, -0.25) is 0 Å². The Morgan fingerprint density at radius 1 is 1.05 bits per heavy atom. The van der Waals surface area contributed by atoms with Gasteiger partial charge in [-0.15, -0.1) is 0 Å². The lowest BCUT2D eigenvalue weighted by molar-refractivity contribution is 0.296.